The lowest BCUT2D eigenvalue weighted by atomic mass is 9.91. The molecule has 10 nitrogen and oxygen atoms in total. The minimum Gasteiger partial charge on any atom is -0.507 e. The summed E-state index contributed by atoms with van der Waals surface area (Å²) < 4.78 is 7.01. The highest BCUT2D eigenvalue weighted by Crippen LogP contribution is 2.34. The number of piperidine rings is 1. The van der Waals surface area contributed by atoms with Crippen LogP contribution in [-0.2, 0) is 4.74 Å². The number of ether oxygens (including phenoxy) is 1. The van der Waals surface area contributed by atoms with Crippen molar-refractivity contribution < 1.29 is 19.4 Å². The van der Waals surface area contributed by atoms with Crippen molar-refractivity contribution in [3.8, 4) is 11.4 Å². The molecule has 27 heavy (non-hydrogen) atoms. The standard InChI is InChI=1S/C17H20N6O4/c1-2-21-10-17(27-16(21)26)5-7-22(8-6-17)15(25)13-9-12(3-4-14(13)24)23-11-18-19-20-23/h3-4,9,11,24H,2,5-8,10H2,1H3. The van der Waals surface area contributed by atoms with Crippen LogP contribution < -0.4 is 0 Å². The lowest BCUT2D eigenvalue weighted by molar-refractivity contribution is 0.00308. The maximum Gasteiger partial charge on any atom is 0.410 e. The molecule has 0 atom stereocenters. The minimum absolute atomic E-state index is 0.0958. The fourth-order valence-corrected chi connectivity index (χ4v) is 3.60. The first-order valence-corrected chi connectivity index (χ1v) is 8.85. The van der Waals surface area contributed by atoms with Crippen LogP contribution in [0.15, 0.2) is 24.5 Å². The Morgan fingerprint density at radius 3 is 2.74 bits per heavy atom. The number of rotatable bonds is 3. The lowest BCUT2D eigenvalue weighted by Crippen LogP contribution is -2.48. The predicted octanol–water partition coefficient (Wildman–Crippen LogP) is 0.815. The number of aromatic hydroxyl groups is 1. The van der Waals surface area contributed by atoms with Crippen molar-refractivity contribution in [1.29, 1.82) is 0 Å². The van der Waals surface area contributed by atoms with Crippen molar-refractivity contribution in [2.45, 2.75) is 25.4 Å². The third-order valence-corrected chi connectivity index (χ3v) is 5.21. The highest BCUT2D eigenvalue weighted by atomic mass is 16.6. The van der Waals surface area contributed by atoms with Crippen LogP contribution in [0, 0.1) is 0 Å². The van der Waals surface area contributed by atoms with E-state index in [4.69, 9.17) is 4.74 Å². The molecule has 2 amide bonds. The molecule has 1 spiro atoms. The first-order valence-electron chi connectivity index (χ1n) is 8.85. The van der Waals surface area contributed by atoms with E-state index in [1.807, 2.05) is 6.92 Å². The van der Waals surface area contributed by atoms with Crippen LogP contribution >= 0.6 is 0 Å². The third-order valence-electron chi connectivity index (χ3n) is 5.21. The van der Waals surface area contributed by atoms with Crippen LogP contribution in [-0.4, -0.2) is 78.9 Å². The van der Waals surface area contributed by atoms with E-state index in [9.17, 15) is 14.7 Å². The number of benzene rings is 1. The summed E-state index contributed by atoms with van der Waals surface area (Å²) in [5.74, 6) is -0.365. The van der Waals surface area contributed by atoms with E-state index in [0.717, 1.165) is 0 Å². The molecule has 2 aliphatic heterocycles. The Balaban J connectivity index is 1.49. The van der Waals surface area contributed by atoms with Gasteiger partial charge in [0.05, 0.1) is 17.8 Å². The van der Waals surface area contributed by atoms with Crippen LogP contribution in [0.25, 0.3) is 5.69 Å². The summed E-state index contributed by atoms with van der Waals surface area (Å²) in [6.45, 7) is 4.00. The second kappa shape index (κ2) is 6.53. The Morgan fingerprint density at radius 1 is 1.33 bits per heavy atom. The Labute approximate surface area is 155 Å². The monoisotopic (exact) mass is 372 g/mol. The van der Waals surface area contributed by atoms with Gasteiger partial charge in [-0.2, -0.15) is 0 Å². The molecular weight excluding hydrogens is 352 g/mol. The van der Waals surface area contributed by atoms with Gasteiger partial charge in [0.15, 0.2) is 0 Å². The van der Waals surface area contributed by atoms with Crippen LogP contribution in [0.4, 0.5) is 4.79 Å². The van der Waals surface area contributed by atoms with Crippen LogP contribution in [0.2, 0.25) is 0 Å². The van der Waals surface area contributed by atoms with E-state index >= 15 is 0 Å². The molecule has 1 aromatic heterocycles. The van der Waals surface area contributed by atoms with Crippen molar-refractivity contribution in [3.63, 3.8) is 0 Å². The number of carbonyl (C=O) groups excluding carboxylic acids is 2. The number of likely N-dealkylation sites (N-methyl/N-ethyl adjacent to an activating group) is 1. The third kappa shape index (κ3) is 3.07. The van der Waals surface area contributed by atoms with Crippen LogP contribution in [0.5, 0.6) is 5.75 Å². The molecule has 2 aliphatic rings. The number of aromatic nitrogens is 4. The van der Waals surface area contributed by atoms with Crippen molar-refractivity contribution in [2.75, 3.05) is 26.2 Å². The molecule has 1 N–H and O–H groups in total. The first kappa shape index (κ1) is 17.3. The molecule has 142 valence electrons. The molecule has 0 radical (unpaired) electrons. The van der Waals surface area contributed by atoms with Crippen LogP contribution in [0.1, 0.15) is 30.1 Å². The Kier molecular flexibility index (Phi) is 4.17. The number of carbonyl (C=O) groups is 2. The maximum atomic E-state index is 12.9. The number of hydrogen-bond donors (Lipinski definition) is 1. The van der Waals surface area contributed by atoms with Crippen molar-refractivity contribution in [3.05, 3.63) is 30.1 Å². The average molecular weight is 372 g/mol. The zero-order valence-corrected chi connectivity index (χ0v) is 14.9. The average Bonchev–Trinajstić information content (AvgIpc) is 3.31. The van der Waals surface area contributed by atoms with Crippen molar-refractivity contribution in [2.24, 2.45) is 0 Å². The summed E-state index contributed by atoms with van der Waals surface area (Å²) in [6.07, 6.45) is 2.28. The molecule has 10 heteroatoms. The molecular formula is C17H20N6O4. The summed E-state index contributed by atoms with van der Waals surface area (Å²) in [5, 5.41) is 21.1. The fourth-order valence-electron chi connectivity index (χ4n) is 3.60. The molecule has 2 fully saturated rings. The quantitative estimate of drug-likeness (QED) is 0.848. The van der Waals surface area contributed by atoms with Gasteiger partial charge in [0.2, 0.25) is 0 Å². The van der Waals surface area contributed by atoms with Gasteiger partial charge in [-0.3, -0.25) is 4.79 Å². The second-order valence-electron chi connectivity index (χ2n) is 6.81. The van der Waals surface area contributed by atoms with Gasteiger partial charge in [-0.25, -0.2) is 9.48 Å². The minimum atomic E-state index is -0.514. The number of amides is 2. The number of tetrazole rings is 1. The van der Waals surface area contributed by atoms with Crippen molar-refractivity contribution in [1.82, 2.24) is 30.0 Å². The summed E-state index contributed by atoms with van der Waals surface area (Å²) in [6, 6.07) is 4.64. The molecule has 1 aromatic carbocycles. The SMILES string of the molecule is CCN1CC2(CCN(C(=O)c3cc(-n4cnnn4)ccc3O)CC2)OC1=O. The van der Waals surface area contributed by atoms with Gasteiger partial charge in [0.25, 0.3) is 5.91 Å². The molecule has 0 saturated carbocycles. The molecule has 2 saturated heterocycles. The highest BCUT2D eigenvalue weighted by Gasteiger charge is 2.47. The van der Waals surface area contributed by atoms with Gasteiger partial charge in [0, 0.05) is 32.5 Å². The first-order chi connectivity index (χ1) is 13.0. The predicted molar refractivity (Wildman–Crippen MR) is 92.4 cm³/mol. The molecule has 4 rings (SSSR count). The lowest BCUT2D eigenvalue weighted by Gasteiger charge is -2.37. The van der Waals surface area contributed by atoms with E-state index < -0.39 is 5.60 Å². The van der Waals surface area contributed by atoms with Gasteiger partial charge >= 0.3 is 6.09 Å². The Hall–Kier alpha value is -3.17. The van der Waals surface area contributed by atoms with Crippen molar-refractivity contribution >= 4 is 12.0 Å². The van der Waals surface area contributed by atoms with E-state index in [0.29, 0.717) is 44.7 Å². The van der Waals surface area contributed by atoms with E-state index in [1.165, 1.54) is 17.1 Å². The number of likely N-dealkylation sites (tertiary alicyclic amines) is 1. The summed E-state index contributed by atoms with van der Waals surface area (Å²) in [4.78, 5) is 28.2. The van der Waals surface area contributed by atoms with Gasteiger partial charge < -0.3 is 19.6 Å². The highest BCUT2D eigenvalue weighted by molar-refractivity contribution is 5.97. The molecule has 3 heterocycles. The normalized spacial score (nSPS) is 18.8. The summed E-state index contributed by atoms with van der Waals surface area (Å²) in [7, 11) is 0. The largest absolute Gasteiger partial charge is 0.507 e. The molecule has 0 aliphatic carbocycles. The zero-order valence-electron chi connectivity index (χ0n) is 14.9. The zero-order chi connectivity index (χ0) is 19.0. The van der Waals surface area contributed by atoms with E-state index in [-0.39, 0.29) is 23.3 Å². The van der Waals surface area contributed by atoms with E-state index in [2.05, 4.69) is 15.5 Å². The topological polar surface area (TPSA) is 114 Å². The number of hydrogen-bond acceptors (Lipinski definition) is 7. The molecule has 0 unspecified atom stereocenters. The van der Waals surface area contributed by atoms with Gasteiger partial charge in [-0.05, 0) is 35.5 Å². The van der Waals surface area contributed by atoms with Crippen LogP contribution in [0.3, 0.4) is 0 Å². The van der Waals surface area contributed by atoms with Gasteiger partial charge in [-0.1, -0.05) is 0 Å². The number of phenolic OH excluding ortho intramolecular Hbond substituents is 1. The second-order valence-corrected chi connectivity index (χ2v) is 6.81. The molecule has 0 bridgehead atoms. The summed E-state index contributed by atoms with van der Waals surface area (Å²) >= 11 is 0. The fraction of sp³-hybridized carbons (Fsp3) is 0.471. The Bertz CT molecular complexity index is 860. The maximum absolute atomic E-state index is 12.9. The van der Waals surface area contributed by atoms with Gasteiger partial charge in [0.1, 0.15) is 17.7 Å². The van der Waals surface area contributed by atoms with E-state index in [1.54, 1.807) is 21.9 Å². The summed E-state index contributed by atoms with van der Waals surface area (Å²) in [5.41, 5.74) is 0.260. The Morgan fingerprint density at radius 2 is 2.11 bits per heavy atom. The van der Waals surface area contributed by atoms with Gasteiger partial charge in [-0.15, -0.1) is 5.10 Å². The number of phenols is 1. The molecule has 2 aromatic rings. The number of nitrogens with zero attached hydrogens (tertiary/aromatic N) is 6. The smallest absolute Gasteiger partial charge is 0.410 e.